The largest absolute Gasteiger partial charge is 0.433 e. The van der Waals surface area contributed by atoms with Gasteiger partial charge in [-0.1, -0.05) is 46.4 Å². The Kier molecular flexibility index (Phi) is 4.40. The van der Waals surface area contributed by atoms with Gasteiger partial charge in [0.05, 0.1) is 15.7 Å². The van der Waals surface area contributed by atoms with Crippen molar-refractivity contribution in [2.24, 2.45) is 0 Å². The zero-order valence-corrected chi connectivity index (χ0v) is 12.4. The van der Waals surface area contributed by atoms with E-state index in [1.807, 2.05) is 0 Å². The van der Waals surface area contributed by atoms with Crippen molar-refractivity contribution in [2.75, 3.05) is 0 Å². The Morgan fingerprint density at radius 1 is 0.800 bits per heavy atom. The third kappa shape index (κ3) is 3.31. The van der Waals surface area contributed by atoms with E-state index in [-0.39, 0.29) is 31.3 Å². The van der Waals surface area contributed by atoms with Crippen molar-refractivity contribution in [1.29, 1.82) is 0 Å². The molecular formula is C12H4Cl4F3N. The number of nitrogens with zero attached hydrogens (tertiary/aromatic N) is 1. The van der Waals surface area contributed by atoms with E-state index in [2.05, 4.69) is 4.98 Å². The number of rotatable bonds is 1. The van der Waals surface area contributed by atoms with Crippen LogP contribution in [0, 0.1) is 0 Å². The molecule has 0 spiro atoms. The minimum absolute atomic E-state index is 0.0727. The first-order valence-electron chi connectivity index (χ1n) is 5.08. The van der Waals surface area contributed by atoms with E-state index in [0.717, 1.165) is 6.07 Å². The van der Waals surface area contributed by atoms with E-state index < -0.39 is 11.9 Å². The molecule has 1 aromatic heterocycles. The van der Waals surface area contributed by atoms with Gasteiger partial charge in [-0.2, -0.15) is 13.2 Å². The quantitative estimate of drug-likeness (QED) is 0.574. The second-order valence-corrected chi connectivity index (χ2v) is 5.49. The molecule has 0 unspecified atom stereocenters. The molecule has 0 aliphatic heterocycles. The number of halogens is 7. The minimum Gasteiger partial charge on any atom is -0.243 e. The van der Waals surface area contributed by atoms with Crippen LogP contribution in [0.5, 0.6) is 0 Å². The van der Waals surface area contributed by atoms with Crippen molar-refractivity contribution >= 4 is 46.4 Å². The molecule has 0 radical (unpaired) electrons. The molecule has 0 N–H and O–H groups in total. The first-order chi connectivity index (χ1) is 9.18. The van der Waals surface area contributed by atoms with Crippen LogP contribution in [-0.2, 0) is 6.18 Å². The standard InChI is InChI=1S/C12H4Cl4F3N/c13-5-1-7(15)11(8(16)2-5)9-3-6(14)4-10(20-9)12(17,18)19/h1-4H. The number of pyridine rings is 1. The SMILES string of the molecule is FC(F)(F)c1cc(Cl)cc(-c2c(Cl)cc(Cl)cc2Cl)n1. The van der Waals surface area contributed by atoms with E-state index in [1.165, 1.54) is 18.2 Å². The van der Waals surface area contributed by atoms with Crippen LogP contribution in [0.3, 0.4) is 0 Å². The monoisotopic (exact) mass is 359 g/mol. The predicted molar refractivity (Wildman–Crippen MR) is 74.7 cm³/mol. The third-order valence-corrected chi connectivity index (χ3v) is 3.38. The van der Waals surface area contributed by atoms with Gasteiger partial charge in [0.25, 0.3) is 0 Å². The normalized spacial score (nSPS) is 11.8. The molecule has 1 heterocycles. The average Bonchev–Trinajstić information content (AvgIpc) is 2.25. The summed E-state index contributed by atoms with van der Waals surface area (Å²) in [5, 5.41) is 0.321. The lowest BCUT2D eigenvalue weighted by molar-refractivity contribution is -0.141. The van der Waals surface area contributed by atoms with E-state index in [0.29, 0.717) is 0 Å². The lowest BCUT2D eigenvalue weighted by Crippen LogP contribution is -2.08. The van der Waals surface area contributed by atoms with E-state index >= 15 is 0 Å². The summed E-state index contributed by atoms with van der Waals surface area (Å²) in [6.45, 7) is 0. The van der Waals surface area contributed by atoms with Gasteiger partial charge in [0.1, 0.15) is 5.69 Å². The van der Waals surface area contributed by atoms with Crippen LogP contribution in [-0.4, -0.2) is 4.98 Å². The molecule has 0 amide bonds. The number of aromatic nitrogens is 1. The molecule has 1 nitrogen and oxygen atoms in total. The van der Waals surface area contributed by atoms with Gasteiger partial charge in [-0.05, 0) is 24.3 Å². The van der Waals surface area contributed by atoms with Gasteiger partial charge < -0.3 is 0 Å². The Morgan fingerprint density at radius 3 is 1.80 bits per heavy atom. The van der Waals surface area contributed by atoms with Crippen LogP contribution in [0.1, 0.15) is 5.69 Å². The first-order valence-corrected chi connectivity index (χ1v) is 6.59. The van der Waals surface area contributed by atoms with Crippen LogP contribution >= 0.6 is 46.4 Å². The number of alkyl halides is 3. The summed E-state index contributed by atoms with van der Waals surface area (Å²) in [6.07, 6.45) is -4.62. The minimum atomic E-state index is -4.62. The van der Waals surface area contributed by atoms with Crippen molar-refractivity contribution in [2.45, 2.75) is 6.18 Å². The molecule has 0 fully saturated rings. The van der Waals surface area contributed by atoms with Gasteiger partial charge in [-0.3, -0.25) is 0 Å². The summed E-state index contributed by atoms with van der Waals surface area (Å²) in [5.74, 6) is 0. The van der Waals surface area contributed by atoms with Crippen molar-refractivity contribution < 1.29 is 13.2 Å². The van der Waals surface area contributed by atoms with Gasteiger partial charge in [0, 0.05) is 15.6 Å². The Bertz CT molecular complexity index is 647. The Morgan fingerprint density at radius 2 is 1.30 bits per heavy atom. The van der Waals surface area contributed by atoms with Gasteiger partial charge in [-0.25, -0.2) is 4.98 Å². The molecule has 2 aromatic rings. The second kappa shape index (κ2) is 5.60. The van der Waals surface area contributed by atoms with Gasteiger partial charge in [-0.15, -0.1) is 0 Å². The molecule has 1 aromatic carbocycles. The number of hydrogen-bond donors (Lipinski definition) is 0. The van der Waals surface area contributed by atoms with Crippen LogP contribution in [0.4, 0.5) is 13.2 Å². The summed E-state index contributed by atoms with van der Waals surface area (Å²) >= 11 is 23.3. The molecule has 8 heteroatoms. The summed E-state index contributed by atoms with van der Waals surface area (Å²) in [4.78, 5) is 3.51. The van der Waals surface area contributed by atoms with Crippen molar-refractivity contribution in [3.63, 3.8) is 0 Å². The number of hydrogen-bond acceptors (Lipinski definition) is 1. The zero-order valence-electron chi connectivity index (χ0n) is 9.40. The molecule has 0 aliphatic rings. The van der Waals surface area contributed by atoms with Gasteiger partial charge >= 0.3 is 6.18 Å². The molecular weight excluding hydrogens is 357 g/mol. The van der Waals surface area contributed by atoms with Crippen molar-refractivity contribution in [1.82, 2.24) is 4.98 Å². The van der Waals surface area contributed by atoms with Crippen LogP contribution in [0.25, 0.3) is 11.3 Å². The highest BCUT2D eigenvalue weighted by atomic mass is 35.5. The van der Waals surface area contributed by atoms with Crippen LogP contribution in [0.15, 0.2) is 24.3 Å². The fourth-order valence-electron chi connectivity index (χ4n) is 1.56. The third-order valence-electron chi connectivity index (χ3n) is 2.34. The summed E-state index contributed by atoms with van der Waals surface area (Å²) in [7, 11) is 0. The fraction of sp³-hybridized carbons (Fsp3) is 0.0833. The molecule has 0 saturated heterocycles. The topological polar surface area (TPSA) is 12.9 Å². The zero-order chi connectivity index (χ0) is 15.1. The molecule has 0 aliphatic carbocycles. The molecule has 0 atom stereocenters. The highest BCUT2D eigenvalue weighted by Gasteiger charge is 2.33. The van der Waals surface area contributed by atoms with E-state index in [1.54, 1.807) is 0 Å². The molecule has 20 heavy (non-hydrogen) atoms. The number of benzene rings is 1. The predicted octanol–water partition coefficient (Wildman–Crippen LogP) is 6.38. The molecule has 2 rings (SSSR count). The molecule has 0 bridgehead atoms. The van der Waals surface area contributed by atoms with Crippen molar-refractivity contribution in [3.05, 3.63) is 50.0 Å². The first kappa shape index (κ1) is 15.7. The summed E-state index contributed by atoms with van der Waals surface area (Å²) < 4.78 is 38.2. The Labute approximate surface area is 132 Å². The maximum absolute atomic E-state index is 12.7. The van der Waals surface area contributed by atoms with Crippen LogP contribution < -0.4 is 0 Å². The maximum atomic E-state index is 12.7. The van der Waals surface area contributed by atoms with Crippen molar-refractivity contribution in [3.8, 4) is 11.3 Å². The second-order valence-electron chi connectivity index (χ2n) is 3.80. The highest BCUT2D eigenvalue weighted by Crippen LogP contribution is 2.39. The summed E-state index contributed by atoms with van der Waals surface area (Å²) in [5.41, 5.74) is -1.05. The fourth-order valence-corrected chi connectivity index (χ4v) is 2.77. The smallest absolute Gasteiger partial charge is 0.243 e. The van der Waals surface area contributed by atoms with Gasteiger partial charge in [0.15, 0.2) is 0 Å². The highest BCUT2D eigenvalue weighted by molar-refractivity contribution is 6.41. The Hall–Kier alpha value is -0.680. The van der Waals surface area contributed by atoms with E-state index in [9.17, 15) is 13.2 Å². The average molecular weight is 361 g/mol. The Balaban J connectivity index is 2.68. The lowest BCUT2D eigenvalue weighted by Gasteiger charge is -2.11. The van der Waals surface area contributed by atoms with Crippen LogP contribution in [0.2, 0.25) is 20.1 Å². The molecule has 0 saturated carbocycles. The summed E-state index contributed by atoms with van der Waals surface area (Å²) in [6, 6.07) is 4.70. The molecule has 106 valence electrons. The lowest BCUT2D eigenvalue weighted by atomic mass is 10.1. The van der Waals surface area contributed by atoms with Gasteiger partial charge in [0.2, 0.25) is 0 Å². The van der Waals surface area contributed by atoms with E-state index in [4.69, 9.17) is 46.4 Å². The maximum Gasteiger partial charge on any atom is 0.433 e.